The number of aromatic hydroxyl groups is 1. The van der Waals surface area contributed by atoms with Gasteiger partial charge in [-0.3, -0.25) is 42.0 Å². The second-order valence-corrected chi connectivity index (χ2v) is 11.0. The van der Waals surface area contributed by atoms with Gasteiger partial charge in [-0.2, -0.15) is 162 Å². The minimum Gasteiger partial charge on any atom is -0.545 e. The van der Waals surface area contributed by atoms with Gasteiger partial charge in [-0.15, -0.1) is 19.1 Å². The quantitative estimate of drug-likeness (QED) is 0.133. The fourth-order valence-electron chi connectivity index (χ4n) is 3.28. The summed E-state index contributed by atoms with van der Waals surface area (Å²) >= 11 is 0. The maximum Gasteiger partial charge on any atom is 0.0319 e. The Morgan fingerprint density at radius 1 is 0.237 bits per heavy atom. The molecule has 0 radical (unpaired) electrons. The van der Waals surface area contributed by atoms with E-state index >= 15 is 0 Å². The van der Waals surface area contributed by atoms with E-state index < -0.39 is 0 Å². The van der Waals surface area contributed by atoms with Crippen LogP contribution >= 0.6 is 0 Å². The van der Waals surface area contributed by atoms with Gasteiger partial charge in [0.1, 0.15) is 0 Å². The zero-order valence-electron chi connectivity index (χ0n) is 49.4. The summed E-state index contributed by atoms with van der Waals surface area (Å²) in [6.45, 7) is 10.3. The number of benzene rings is 8. The number of rotatable bonds is 0. The molecule has 14 heteroatoms. The number of phenols is 1. The molecule has 8 aromatic carbocycles. The van der Waals surface area contributed by atoms with E-state index in [9.17, 15) is 0 Å². The number of aryl methyl sites for hydroxylation is 5. The molecule has 0 heterocycles. The molecule has 0 amide bonds. The van der Waals surface area contributed by atoms with Crippen LogP contribution in [0.5, 0.6) is 5.75 Å². The fraction of sp³-hybridized carbons (Fsp3) is 0.113. The second kappa shape index (κ2) is 102. The van der Waals surface area contributed by atoms with E-state index in [1.54, 1.807) is 48.5 Å². The Balaban J connectivity index is -0.0000000251. The molecule has 0 aliphatic heterocycles. The molecule has 0 aromatic heterocycles. The summed E-state index contributed by atoms with van der Waals surface area (Å²) in [5.74, 6) is 0.291. The van der Waals surface area contributed by atoms with Gasteiger partial charge in [-0.1, -0.05) is 27.7 Å². The summed E-state index contributed by atoms with van der Waals surface area (Å²) in [6.07, 6.45) is 0. The first-order valence-electron chi connectivity index (χ1n) is 18.0. The molecule has 3 nitrogen and oxygen atoms in total. The monoisotopic (exact) mass is 3810 g/mol. The van der Waals surface area contributed by atoms with Gasteiger partial charge in [0.25, 0.3) is 0 Å². The minimum absolute atomic E-state index is 0. The second-order valence-electron chi connectivity index (χ2n) is 11.0. The predicted octanol–water partition coefficient (Wildman–Crippen LogP) is 14.7. The van der Waals surface area contributed by atoms with Gasteiger partial charge in [0.05, 0.1) is 0 Å². The van der Waals surface area contributed by atoms with Crippen LogP contribution in [0.25, 0.3) is 0 Å². The third-order valence-corrected chi connectivity index (χ3v) is 6.06. The zero-order valence-corrected chi connectivity index (χ0v) is 120. The van der Waals surface area contributed by atoms with E-state index in [1.165, 1.54) is 27.8 Å². The first kappa shape index (κ1) is 130. The van der Waals surface area contributed by atoms with E-state index in [0.29, 0.717) is 5.75 Å². The standard InChI is InChI=1S/4C7H7.C7H6.C6H5O.C6H4.C6H3.2CH4O.7CH3.11Rf/c5*1-7-5-3-2-4-6-7;7-6-4-2-1-3-5-6;2*1-2-4-6-5-3-1;2*1-2;;;;;;;;;;;;;;;;;;/h3*3-6H,1H3;2-3,5-6H,1H3;2,5-6H,1H3;2-5,7H;1-2,5-6H;1,4-5H;2*2H,1H3;7*1H3;;;;;;;;;;;/q4*-1;-2;-1;-2;-3;;;7*-1;;;;;;;;;;;. The Bertz CT molecular complexity index is 1530. The summed E-state index contributed by atoms with van der Waals surface area (Å²) < 4.78 is 0. The van der Waals surface area contributed by atoms with Crippen LogP contribution in [0.2, 0.25) is 0 Å². The van der Waals surface area contributed by atoms with Crippen molar-refractivity contribution in [1.82, 2.24) is 0 Å². The summed E-state index contributed by atoms with van der Waals surface area (Å²) in [7, 11) is 2.00. The molecule has 0 unspecified atom stereocenters. The average Bonchev–Trinajstić information content (AvgIpc) is 3.29. The van der Waals surface area contributed by atoms with Gasteiger partial charge in [-0.05, 0) is 0 Å². The number of hydrogen-bond donors (Lipinski definition) is 3. The van der Waals surface area contributed by atoms with Crippen molar-refractivity contribution in [3.05, 3.63) is 335 Å². The smallest absolute Gasteiger partial charge is 0.0319 e. The first-order chi connectivity index (χ1) is 28.4. The van der Waals surface area contributed by atoms with Gasteiger partial charge in [0.15, 0.2) is 0 Å². The van der Waals surface area contributed by atoms with Crippen LogP contribution in [0.15, 0.2) is 182 Å². The van der Waals surface area contributed by atoms with Crippen molar-refractivity contribution in [3.8, 4) is 5.75 Å². The Hall–Kier alpha value is -17.5. The molecule has 0 spiro atoms. The summed E-state index contributed by atoms with van der Waals surface area (Å²) in [5.41, 5.74) is 6.35. The predicted molar refractivity (Wildman–Crippen MR) is 284 cm³/mol. The van der Waals surface area contributed by atoms with E-state index in [1.807, 2.05) is 134 Å². The van der Waals surface area contributed by atoms with Crippen LogP contribution in [0, 0.1) is 159 Å². The van der Waals surface area contributed by atoms with Gasteiger partial charge in [0.2, 0.25) is 0 Å². The first-order valence-corrected chi connectivity index (χ1v) is 18.0. The Morgan fingerprint density at radius 3 is 0.579 bits per heavy atom. The molecule has 76 heavy (non-hydrogen) atoms. The van der Waals surface area contributed by atoms with Crippen LogP contribution in [0.4, 0.5) is 0 Å². The Morgan fingerprint density at radius 2 is 0.461 bits per heavy atom. The molecule has 0 saturated carbocycles. The van der Waals surface area contributed by atoms with Crippen LogP contribution < -0.4 is 0 Å². The topological polar surface area (TPSA) is 60.7 Å². The van der Waals surface area contributed by atoms with Crippen LogP contribution in [0.1, 0.15) is 27.8 Å². The maximum absolute atomic E-state index is 8.61. The SMILES string of the molecule is CO.CO.Cc1c[c-]c[c-]c1.Cc1c[c-]ccc1.Cc1cc[c-]cc1.Cc1cc[c-]cc1.Cc1cc[c-]cc1.Oc1cc[c-]cc1.[CH3-].[CH3-].[CH3-].[CH3-].[CH3-].[CH3-].[CH3-].[Rf].[Rf].[Rf].[Rf].[Rf].[Rf].[Rf].[Rf].[Rf].[Rf].[Rf].[c-]1c[c-]c[c-]c1.[c-]1cc[c-]cc1. The minimum atomic E-state index is 0. The summed E-state index contributed by atoms with van der Waals surface area (Å²) in [4.78, 5) is 0. The molecule has 382 valence electrons. The van der Waals surface area contributed by atoms with Crippen molar-refractivity contribution >= 4 is 0 Å². The van der Waals surface area contributed by atoms with Gasteiger partial charge >= 0.3 is 0 Å². The van der Waals surface area contributed by atoms with E-state index in [2.05, 4.69) is 107 Å². The van der Waals surface area contributed by atoms with E-state index in [4.69, 9.17) is 15.3 Å². The van der Waals surface area contributed by atoms with E-state index in [-0.39, 0.29) is 52.0 Å². The number of phenolic OH excluding ortho intramolecular Hbond substituents is 1. The van der Waals surface area contributed by atoms with E-state index in [0.717, 1.165) is 14.2 Å². The molecular formula is C62H75O3Rf11-19. The molecule has 0 aliphatic rings. The molecule has 0 aliphatic carbocycles. The molecule has 0 fully saturated rings. The molecule has 3 N–H and O–H groups in total. The average molecular weight is 3810 g/mol. The van der Waals surface area contributed by atoms with Crippen molar-refractivity contribution in [3.63, 3.8) is 0 Å². The molecule has 0 bridgehead atoms. The number of aliphatic hydroxyl groups excluding tert-OH is 2. The van der Waals surface area contributed by atoms with Crippen LogP contribution in [-0.2, 0) is 0 Å². The van der Waals surface area contributed by atoms with Crippen molar-refractivity contribution < 1.29 is 15.3 Å². The van der Waals surface area contributed by atoms with Gasteiger partial charge in [0, 0.05) is 20.0 Å². The molecule has 0 atom stereocenters. The van der Waals surface area contributed by atoms with Crippen molar-refractivity contribution in [2.75, 3.05) is 14.2 Å². The number of hydrogen-bond acceptors (Lipinski definition) is 3. The van der Waals surface area contributed by atoms with Gasteiger partial charge in [-0.25, -0.2) is 0 Å². The molecular weight excluding hydrogens is 3730 g/mol. The zero-order chi connectivity index (χ0) is 43.2. The maximum atomic E-state index is 8.61. The summed E-state index contributed by atoms with van der Waals surface area (Å²) in [5, 5.41) is 22.6. The normalized spacial score (nSPS) is 6.22. The van der Waals surface area contributed by atoms with Crippen LogP contribution in [-0.4, -0.2) is 29.5 Å². The molecule has 8 rings (SSSR count). The summed E-state index contributed by atoms with van der Waals surface area (Å²) in [6, 6.07) is 90.5. The van der Waals surface area contributed by atoms with Crippen molar-refractivity contribution in [2.24, 2.45) is 0 Å². The molecule has 0 saturated heterocycles. The number of aliphatic hydroxyl groups is 2. The fourth-order valence-corrected chi connectivity index (χ4v) is 3.28. The Labute approximate surface area is 402 Å². The van der Waals surface area contributed by atoms with Crippen molar-refractivity contribution in [2.45, 2.75) is 34.6 Å². The Kier molecular flexibility index (Phi) is 174. The molecule has 8 aromatic rings. The van der Waals surface area contributed by atoms with Gasteiger partial charge < -0.3 is 134 Å². The third-order valence-electron chi connectivity index (χ3n) is 6.06. The van der Waals surface area contributed by atoms with Crippen molar-refractivity contribution in [1.29, 1.82) is 0 Å². The third kappa shape index (κ3) is 96.3. The van der Waals surface area contributed by atoms with Crippen LogP contribution in [0.3, 0.4) is 0 Å². The largest absolute Gasteiger partial charge is 0.545 e.